The Balaban J connectivity index is 2.68. The Bertz CT molecular complexity index is 356. The average molecular weight is 256 g/mol. The molecular weight excluding hydrogens is 236 g/mol. The number of ether oxygens (including phenoxy) is 1. The molecule has 0 radical (unpaired) electrons. The van der Waals surface area contributed by atoms with E-state index in [2.05, 4.69) is 10.6 Å². The van der Waals surface area contributed by atoms with Crippen molar-refractivity contribution in [3.8, 4) is 0 Å². The summed E-state index contributed by atoms with van der Waals surface area (Å²) in [5.74, 6) is -0.936. The zero-order valence-electron chi connectivity index (χ0n) is 11.0. The van der Waals surface area contributed by atoms with Crippen LogP contribution < -0.4 is 10.6 Å². The van der Waals surface area contributed by atoms with Crippen LogP contribution in [0.3, 0.4) is 0 Å². The molecule has 6 nitrogen and oxygen atoms in total. The van der Waals surface area contributed by atoms with E-state index >= 15 is 0 Å². The second-order valence-electron chi connectivity index (χ2n) is 4.72. The highest BCUT2D eigenvalue weighted by atomic mass is 16.5. The fraction of sp³-hybridized carbons (Fsp3) is 0.750. The van der Waals surface area contributed by atoms with Gasteiger partial charge < -0.3 is 15.4 Å². The number of carbonyl (C=O) groups is 3. The average Bonchev–Trinajstić information content (AvgIpc) is 2.75. The second kappa shape index (κ2) is 5.84. The Kier molecular flexibility index (Phi) is 4.69. The van der Waals surface area contributed by atoms with Gasteiger partial charge in [0.05, 0.1) is 7.11 Å². The Labute approximate surface area is 106 Å². The quantitative estimate of drug-likeness (QED) is 0.684. The lowest BCUT2D eigenvalue weighted by molar-refractivity contribution is -0.150. The van der Waals surface area contributed by atoms with Gasteiger partial charge in [-0.2, -0.15) is 0 Å². The molecule has 0 bridgehead atoms. The van der Waals surface area contributed by atoms with E-state index in [9.17, 15) is 14.4 Å². The fourth-order valence-electron chi connectivity index (χ4n) is 2.11. The molecule has 1 aliphatic heterocycles. The minimum absolute atomic E-state index is 0.134. The normalized spacial score (nSPS) is 21.9. The fourth-order valence-corrected chi connectivity index (χ4v) is 2.11. The molecule has 0 spiro atoms. The summed E-state index contributed by atoms with van der Waals surface area (Å²) in [5, 5.41) is 5.25. The van der Waals surface area contributed by atoms with Crippen molar-refractivity contribution in [3.63, 3.8) is 0 Å². The maximum atomic E-state index is 12.0. The Morgan fingerprint density at radius 3 is 2.67 bits per heavy atom. The highest BCUT2D eigenvalue weighted by Gasteiger charge is 2.38. The van der Waals surface area contributed by atoms with E-state index in [-0.39, 0.29) is 11.8 Å². The molecule has 0 aliphatic carbocycles. The van der Waals surface area contributed by atoms with Crippen LogP contribution in [0.2, 0.25) is 0 Å². The highest BCUT2D eigenvalue weighted by Crippen LogP contribution is 2.16. The maximum Gasteiger partial charge on any atom is 0.331 e. The largest absolute Gasteiger partial charge is 0.467 e. The predicted octanol–water partition coefficient (Wildman–Crippen LogP) is 0.113. The lowest BCUT2D eigenvalue weighted by Gasteiger charge is -2.28. The summed E-state index contributed by atoms with van der Waals surface area (Å²) >= 11 is 0. The van der Waals surface area contributed by atoms with E-state index in [0.29, 0.717) is 19.3 Å². The van der Waals surface area contributed by atoms with Crippen molar-refractivity contribution in [1.82, 2.24) is 10.6 Å². The molecule has 1 fully saturated rings. The molecule has 102 valence electrons. The van der Waals surface area contributed by atoms with Crippen LogP contribution in [-0.4, -0.2) is 36.5 Å². The van der Waals surface area contributed by atoms with Crippen LogP contribution in [-0.2, 0) is 19.1 Å². The predicted molar refractivity (Wildman–Crippen MR) is 64.6 cm³/mol. The van der Waals surface area contributed by atoms with E-state index in [1.165, 1.54) is 7.11 Å². The van der Waals surface area contributed by atoms with Crippen molar-refractivity contribution in [1.29, 1.82) is 0 Å². The first-order chi connectivity index (χ1) is 8.42. The number of hydrogen-bond acceptors (Lipinski definition) is 4. The molecule has 0 aromatic heterocycles. The topological polar surface area (TPSA) is 84.5 Å². The molecule has 1 unspecified atom stereocenters. The summed E-state index contributed by atoms with van der Waals surface area (Å²) in [6, 6.07) is -0.543. The van der Waals surface area contributed by atoms with Gasteiger partial charge in [0, 0.05) is 6.42 Å². The number of amides is 2. The van der Waals surface area contributed by atoms with Crippen molar-refractivity contribution in [2.45, 2.75) is 51.1 Å². The number of rotatable bonds is 5. The van der Waals surface area contributed by atoms with Crippen LogP contribution in [0.15, 0.2) is 0 Å². The van der Waals surface area contributed by atoms with E-state index in [1.54, 1.807) is 6.92 Å². The number of hydrogen-bond donors (Lipinski definition) is 2. The van der Waals surface area contributed by atoms with Crippen LogP contribution in [0, 0.1) is 0 Å². The van der Waals surface area contributed by atoms with Crippen molar-refractivity contribution >= 4 is 17.8 Å². The van der Waals surface area contributed by atoms with Crippen molar-refractivity contribution < 1.29 is 19.1 Å². The molecule has 0 aromatic carbocycles. The third-order valence-corrected chi connectivity index (χ3v) is 3.10. The van der Waals surface area contributed by atoms with Crippen molar-refractivity contribution in [2.75, 3.05) is 7.11 Å². The lowest BCUT2D eigenvalue weighted by Crippen LogP contribution is -2.56. The van der Waals surface area contributed by atoms with E-state index in [1.807, 2.05) is 6.92 Å². The number of nitrogens with one attached hydrogen (secondary N) is 2. The molecule has 1 aliphatic rings. The minimum atomic E-state index is -1.03. The molecule has 0 aromatic rings. The molecule has 1 saturated heterocycles. The van der Waals surface area contributed by atoms with Gasteiger partial charge in [0.2, 0.25) is 11.8 Å². The smallest absolute Gasteiger partial charge is 0.331 e. The lowest BCUT2D eigenvalue weighted by atomic mass is 9.95. The summed E-state index contributed by atoms with van der Waals surface area (Å²) in [6.45, 7) is 3.56. The minimum Gasteiger partial charge on any atom is -0.467 e. The molecular formula is C12H20N2O4. The van der Waals surface area contributed by atoms with Gasteiger partial charge >= 0.3 is 5.97 Å². The highest BCUT2D eigenvalue weighted by molar-refractivity contribution is 5.94. The third-order valence-electron chi connectivity index (χ3n) is 3.10. The summed E-state index contributed by atoms with van der Waals surface area (Å²) in [5.41, 5.74) is -1.03. The number of methoxy groups -OCH3 is 1. The summed E-state index contributed by atoms with van der Waals surface area (Å²) in [7, 11) is 1.29. The van der Waals surface area contributed by atoms with Crippen LogP contribution in [0.4, 0.5) is 0 Å². The van der Waals surface area contributed by atoms with E-state index in [0.717, 1.165) is 6.42 Å². The molecule has 1 rings (SSSR count). The van der Waals surface area contributed by atoms with Gasteiger partial charge in [0.1, 0.15) is 11.6 Å². The zero-order valence-corrected chi connectivity index (χ0v) is 11.0. The van der Waals surface area contributed by atoms with Crippen LogP contribution in [0.1, 0.15) is 39.5 Å². The molecule has 18 heavy (non-hydrogen) atoms. The summed E-state index contributed by atoms with van der Waals surface area (Å²) in [6.07, 6.45) is 2.05. The van der Waals surface area contributed by atoms with E-state index in [4.69, 9.17) is 4.74 Å². The van der Waals surface area contributed by atoms with Gasteiger partial charge in [-0.1, -0.05) is 13.3 Å². The summed E-state index contributed by atoms with van der Waals surface area (Å²) < 4.78 is 4.71. The van der Waals surface area contributed by atoms with Gasteiger partial charge in [0.15, 0.2) is 0 Å². The van der Waals surface area contributed by atoms with Gasteiger partial charge in [-0.05, 0) is 19.8 Å². The van der Waals surface area contributed by atoms with Gasteiger partial charge in [-0.25, -0.2) is 4.79 Å². The van der Waals surface area contributed by atoms with Gasteiger partial charge in [-0.15, -0.1) is 0 Å². The SMILES string of the molecule is CCCC(C)(NC(=O)[C@@H]1CCC(=O)N1)C(=O)OC. The molecule has 2 amide bonds. The third kappa shape index (κ3) is 3.21. The van der Waals surface area contributed by atoms with Gasteiger partial charge in [0.25, 0.3) is 0 Å². The Hall–Kier alpha value is -1.59. The molecule has 2 atom stereocenters. The maximum absolute atomic E-state index is 12.0. The van der Waals surface area contributed by atoms with E-state index < -0.39 is 17.6 Å². The zero-order chi connectivity index (χ0) is 13.8. The molecule has 1 heterocycles. The first-order valence-electron chi connectivity index (χ1n) is 6.12. The Morgan fingerprint density at radius 1 is 1.56 bits per heavy atom. The second-order valence-corrected chi connectivity index (χ2v) is 4.72. The molecule has 2 N–H and O–H groups in total. The summed E-state index contributed by atoms with van der Waals surface area (Å²) in [4.78, 5) is 34.7. The van der Waals surface area contributed by atoms with Crippen LogP contribution in [0.25, 0.3) is 0 Å². The van der Waals surface area contributed by atoms with Crippen LogP contribution in [0.5, 0.6) is 0 Å². The first kappa shape index (κ1) is 14.5. The molecule has 0 saturated carbocycles. The first-order valence-corrected chi connectivity index (χ1v) is 6.12. The van der Waals surface area contributed by atoms with Crippen molar-refractivity contribution in [2.24, 2.45) is 0 Å². The Morgan fingerprint density at radius 2 is 2.22 bits per heavy atom. The number of esters is 1. The monoisotopic (exact) mass is 256 g/mol. The van der Waals surface area contributed by atoms with Crippen molar-refractivity contribution in [3.05, 3.63) is 0 Å². The number of carbonyl (C=O) groups excluding carboxylic acids is 3. The molecule has 6 heteroatoms. The standard InChI is InChI=1S/C12H20N2O4/c1-4-7-12(2,11(17)18-3)14-10(16)8-5-6-9(15)13-8/h8H,4-7H2,1-3H3,(H,13,15)(H,14,16)/t8-,12?/m0/s1. The van der Waals surface area contributed by atoms with Crippen LogP contribution >= 0.6 is 0 Å². The van der Waals surface area contributed by atoms with Gasteiger partial charge in [-0.3, -0.25) is 9.59 Å².